The molecule has 0 unspecified atom stereocenters. The number of hydrogen-bond acceptors (Lipinski definition) is 3. The van der Waals surface area contributed by atoms with Crippen molar-refractivity contribution >= 4 is 13.2 Å². The fourth-order valence-corrected chi connectivity index (χ4v) is 4.10. The van der Waals surface area contributed by atoms with Crippen molar-refractivity contribution in [1.29, 1.82) is 0 Å². The van der Waals surface area contributed by atoms with E-state index in [1.165, 1.54) is 0 Å². The van der Waals surface area contributed by atoms with E-state index >= 15 is 0 Å². The van der Waals surface area contributed by atoms with Crippen molar-refractivity contribution in [3.05, 3.63) is 77.6 Å². The average molecular weight is 372 g/mol. The molecule has 26 heavy (non-hydrogen) atoms. The topological polar surface area (TPSA) is 35.5 Å². The van der Waals surface area contributed by atoms with E-state index in [9.17, 15) is 4.57 Å². The summed E-state index contributed by atoms with van der Waals surface area (Å²) in [6.45, 7) is 5.05. The van der Waals surface area contributed by atoms with Gasteiger partial charge in [0.2, 0.25) is 0 Å². The number of unbranched alkanes of at least 4 members (excludes halogenated alkanes) is 2. The molecule has 0 amide bonds. The predicted molar refractivity (Wildman–Crippen MR) is 109 cm³/mol. The van der Waals surface area contributed by atoms with Gasteiger partial charge in [-0.15, -0.1) is 0 Å². The number of benzene rings is 2. The Hall–Kier alpha value is -1.67. The van der Waals surface area contributed by atoms with E-state index in [1.54, 1.807) is 5.82 Å². The molecule has 0 fully saturated rings. The van der Waals surface area contributed by atoms with E-state index < -0.39 is 7.60 Å². The molecule has 0 saturated heterocycles. The Bertz CT molecular complexity index is 655. The third kappa shape index (κ3) is 6.57. The maximum absolute atomic E-state index is 13.4. The first-order valence-corrected chi connectivity index (χ1v) is 11.0. The highest BCUT2D eigenvalue weighted by Gasteiger charge is 2.23. The molecule has 2 rings (SSSR count). The standard InChI is InChI=1S/C22H29O3P/c1-3-5-17-24-26(23,25-18-6-4-2)19-22(20-13-9-7-10-14-20)21-15-11-8-12-16-21/h7-16,19H,3-6,17-18H2,1-2H3. The van der Waals surface area contributed by atoms with Gasteiger partial charge in [0.1, 0.15) is 0 Å². The Morgan fingerprint density at radius 2 is 1.23 bits per heavy atom. The normalized spacial score (nSPS) is 11.3. The van der Waals surface area contributed by atoms with Gasteiger partial charge in [-0.05, 0) is 29.5 Å². The van der Waals surface area contributed by atoms with Gasteiger partial charge in [-0.1, -0.05) is 87.4 Å². The van der Waals surface area contributed by atoms with Crippen LogP contribution in [0.3, 0.4) is 0 Å². The summed E-state index contributed by atoms with van der Waals surface area (Å²) < 4.78 is 24.9. The first-order chi connectivity index (χ1) is 12.7. The van der Waals surface area contributed by atoms with Crippen LogP contribution in [0.25, 0.3) is 5.57 Å². The Balaban J connectivity index is 2.39. The molecular formula is C22H29O3P. The van der Waals surface area contributed by atoms with Crippen LogP contribution in [0.2, 0.25) is 0 Å². The van der Waals surface area contributed by atoms with Crippen molar-refractivity contribution in [3.8, 4) is 0 Å². The van der Waals surface area contributed by atoms with Gasteiger partial charge >= 0.3 is 7.60 Å². The molecule has 4 heteroatoms. The second-order valence-corrected chi connectivity index (χ2v) is 8.04. The zero-order chi connectivity index (χ0) is 18.7. The largest absolute Gasteiger partial charge is 0.354 e. The molecule has 0 heterocycles. The van der Waals surface area contributed by atoms with Gasteiger partial charge in [-0.2, -0.15) is 0 Å². The van der Waals surface area contributed by atoms with Crippen molar-refractivity contribution < 1.29 is 13.6 Å². The molecule has 2 aromatic rings. The van der Waals surface area contributed by atoms with Crippen LogP contribution in [0.5, 0.6) is 0 Å². The highest BCUT2D eigenvalue weighted by molar-refractivity contribution is 7.57. The number of hydrogen-bond donors (Lipinski definition) is 0. The van der Waals surface area contributed by atoms with Crippen LogP contribution in [0.4, 0.5) is 0 Å². The molecule has 0 aromatic heterocycles. The molecule has 3 nitrogen and oxygen atoms in total. The zero-order valence-electron chi connectivity index (χ0n) is 15.8. The molecular weight excluding hydrogens is 343 g/mol. The first-order valence-electron chi connectivity index (χ1n) is 9.41. The van der Waals surface area contributed by atoms with Crippen LogP contribution in [0.1, 0.15) is 50.7 Å². The molecule has 0 spiro atoms. The van der Waals surface area contributed by atoms with Crippen LogP contribution < -0.4 is 0 Å². The van der Waals surface area contributed by atoms with Crippen molar-refractivity contribution in [2.75, 3.05) is 13.2 Å². The maximum atomic E-state index is 13.4. The summed E-state index contributed by atoms with van der Waals surface area (Å²) in [7, 11) is -3.33. The number of rotatable bonds is 11. The van der Waals surface area contributed by atoms with E-state index in [0.717, 1.165) is 42.4 Å². The van der Waals surface area contributed by atoms with E-state index in [1.807, 2.05) is 60.7 Å². The van der Waals surface area contributed by atoms with Gasteiger partial charge in [-0.3, -0.25) is 4.57 Å². The lowest BCUT2D eigenvalue weighted by molar-refractivity contribution is 0.208. The van der Waals surface area contributed by atoms with E-state index in [-0.39, 0.29) is 0 Å². The van der Waals surface area contributed by atoms with Gasteiger partial charge in [0.15, 0.2) is 0 Å². The van der Waals surface area contributed by atoms with Crippen molar-refractivity contribution in [2.24, 2.45) is 0 Å². The van der Waals surface area contributed by atoms with Crippen LogP contribution in [-0.4, -0.2) is 13.2 Å². The molecule has 0 saturated carbocycles. The molecule has 0 N–H and O–H groups in total. The minimum atomic E-state index is -3.33. The summed E-state index contributed by atoms with van der Waals surface area (Å²) in [6.07, 6.45) is 3.70. The highest BCUT2D eigenvalue weighted by Crippen LogP contribution is 2.53. The van der Waals surface area contributed by atoms with Crippen molar-refractivity contribution in [3.63, 3.8) is 0 Å². The van der Waals surface area contributed by atoms with Crippen molar-refractivity contribution in [2.45, 2.75) is 39.5 Å². The lowest BCUT2D eigenvalue weighted by Crippen LogP contribution is -1.99. The second-order valence-electron chi connectivity index (χ2n) is 6.19. The van der Waals surface area contributed by atoms with Gasteiger partial charge in [0.25, 0.3) is 0 Å². The Morgan fingerprint density at radius 3 is 1.62 bits per heavy atom. The predicted octanol–water partition coefficient (Wildman–Crippen LogP) is 6.90. The summed E-state index contributed by atoms with van der Waals surface area (Å²) in [5.74, 6) is 1.70. The lowest BCUT2D eigenvalue weighted by atomic mass is 10.00. The van der Waals surface area contributed by atoms with E-state index in [2.05, 4.69) is 13.8 Å². The van der Waals surface area contributed by atoms with Crippen LogP contribution in [0.15, 0.2) is 66.5 Å². The minimum absolute atomic E-state index is 0.438. The van der Waals surface area contributed by atoms with E-state index in [4.69, 9.17) is 9.05 Å². The zero-order valence-corrected chi connectivity index (χ0v) is 16.7. The Kier molecular flexibility index (Phi) is 8.84. The molecule has 0 aliphatic heterocycles. The summed E-state index contributed by atoms with van der Waals surface area (Å²) >= 11 is 0. The second kappa shape index (κ2) is 11.1. The summed E-state index contributed by atoms with van der Waals surface area (Å²) in [5.41, 5.74) is 2.87. The maximum Gasteiger partial charge on any atom is 0.354 e. The molecule has 0 bridgehead atoms. The van der Waals surface area contributed by atoms with Gasteiger partial charge in [0, 0.05) is 5.82 Å². The summed E-state index contributed by atoms with van der Waals surface area (Å²) in [5, 5.41) is 0. The molecule has 0 aliphatic carbocycles. The van der Waals surface area contributed by atoms with E-state index in [0.29, 0.717) is 13.2 Å². The fraction of sp³-hybridized carbons (Fsp3) is 0.364. The smallest absolute Gasteiger partial charge is 0.306 e. The minimum Gasteiger partial charge on any atom is -0.306 e. The SMILES string of the molecule is CCCCOP(=O)(C=C(c1ccccc1)c1ccccc1)OCCCC. The molecule has 2 aromatic carbocycles. The molecule has 140 valence electrons. The first kappa shape index (κ1) is 20.6. The van der Waals surface area contributed by atoms with Gasteiger partial charge in [0.05, 0.1) is 13.2 Å². The van der Waals surface area contributed by atoms with Gasteiger partial charge < -0.3 is 9.05 Å². The van der Waals surface area contributed by atoms with Gasteiger partial charge in [-0.25, -0.2) is 0 Å². The van der Waals surface area contributed by atoms with Crippen molar-refractivity contribution in [1.82, 2.24) is 0 Å². The fourth-order valence-electron chi connectivity index (χ4n) is 2.49. The third-order valence-electron chi connectivity index (χ3n) is 4.00. The third-order valence-corrected chi connectivity index (χ3v) is 5.65. The monoisotopic (exact) mass is 372 g/mol. The van der Waals surface area contributed by atoms with Crippen LogP contribution in [-0.2, 0) is 13.6 Å². The van der Waals surface area contributed by atoms with Crippen LogP contribution >= 0.6 is 7.60 Å². The lowest BCUT2D eigenvalue weighted by Gasteiger charge is -2.18. The quantitative estimate of drug-likeness (QED) is 0.318. The molecule has 0 aliphatic rings. The summed E-state index contributed by atoms with van der Waals surface area (Å²) in [6, 6.07) is 19.9. The summed E-state index contributed by atoms with van der Waals surface area (Å²) in [4.78, 5) is 0. The van der Waals surface area contributed by atoms with Crippen LogP contribution in [0, 0.1) is 0 Å². The average Bonchev–Trinajstić information content (AvgIpc) is 2.68. The Morgan fingerprint density at radius 1 is 0.808 bits per heavy atom. The molecule has 0 radical (unpaired) electrons. The highest BCUT2D eigenvalue weighted by atomic mass is 31.2. The molecule has 0 atom stereocenters. The Labute approximate surface area is 157 Å².